The van der Waals surface area contributed by atoms with Gasteiger partial charge in [0.05, 0.1) is 25.4 Å². The molecule has 0 aromatic heterocycles. The SMILES string of the molecule is CC/C=C\C/C=C\C/C=C\C/C=C\C/C=C\C/C=C\C/C=C\C/C=C\CCCCCCC(=O)NC(COC1OC(CO)C(O)C(O)C1O)C(O)/C=C/CCCCCCCCCCCCCC. The van der Waals surface area contributed by atoms with E-state index < -0.39 is 49.5 Å². The largest absolute Gasteiger partial charge is 0.394 e. The smallest absolute Gasteiger partial charge is 0.220 e. The second kappa shape index (κ2) is 45.6. The standard InChI is InChI=1S/C57H95NO8/c1-3-5-7-9-11-13-15-17-19-20-21-22-23-24-25-26-27-28-29-30-31-32-33-35-37-39-41-43-45-47-53(61)58-50(49-65-57-56(64)55(63)54(62)52(48-59)66-57)51(60)46-44-42-40-38-36-34-18-16-14-12-10-8-6-4-2/h5,7,11,13,17,19,21-22,24-25,27-28,30-31,33,35,44,46,50-52,54-57,59-60,62-64H,3-4,6,8-10,12,14-16,18,20,23,26,29,32,34,36-43,45,47-49H2,1-2H3,(H,58,61)/b7-5-,13-11-,19-17-,22-21-,25-24-,28-27-,31-30-,35-33-,46-44+. The Balaban J connectivity index is 2.30. The first kappa shape index (κ1) is 60.9. The van der Waals surface area contributed by atoms with E-state index in [4.69, 9.17) is 9.47 Å². The van der Waals surface area contributed by atoms with Crippen LogP contribution in [0.25, 0.3) is 0 Å². The number of aliphatic hydroxyl groups is 5. The number of unbranched alkanes of at least 4 members (excludes halogenated alkanes) is 16. The van der Waals surface area contributed by atoms with Gasteiger partial charge in [-0.05, 0) is 83.5 Å². The van der Waals surface area contributed by atoms with E-state index in [1.807, 2.05) is 6.08 Å². The molecule has 1 rings (SSSR count). The summed E-state index contributed by atoms with van der Waals surface area (Å²) < 4.78 is 11.2. The van der Waals surface area contributed by atoms with Crippen LogP contribution in [0.4, 0.5) is 0 Å². The summed E-state index contributed by atoms with van der Waals surface area (Å²) in [7, 11) is 0. The molecule has 1 heterocycles. The Morgan fingerprint density at radius 3 is 1.39 bits per heavy atom. The van der Waals surface area contributed by atoms with Crippen molar-refractivity contribution >= 4 is 5.91 Å². The van der Waals surface area contributed by atoms with E-state index in [0.29, 0.717) is 6.42 Å². The second-order valence-electron chi connectivity index (χ2n) is 17.6. The van der Waals surface area contributed by atoms with Crippen molar-refractivity contribution in [3.63, 3.8) is 0 Å². The fraction of sp³-hybridized carbons (Fsp3) is 0.667. The van der Waals surface area contributed by atoms with Gasteiger partial charge in [-0.15, -0.1) is 0 Å². The van der Waals surface area contributed by atoms with E-state index >= 15 is 0 Å². The molecule has 7 atom stereocenters. The molecule has 0 spiro atoms. The summed E-state index contributed by atoms with van der Waals surface area (Å²) in [6.07, 6.45) is 59.9. The minimum atomic E-state index is -1.58. The summed E-state index contributed by atoms with van der Waals surface area (Å²) in [5.41, 5.74) is 0. The van der Waals surface area contributed by atoms with Gasteiger partial charge in [0.25, 0.3) is 0 Å². The van der Waals surface area contributed by atoms with E-state index in [2.05, 4.69) is 116 Å². The van der Waals surface area contributed by atoms with E-state index in [-0.39, 0.29) is 12.5 Å². The monoisotopic (exact) mass is 922 g/mol. The lowest BCUT2D eigenvalue weighted by molar-refractivity contribution is -0.302. The van der Waals surface area contributed by atoms with Crippen molar-refractivity contribution in [2.24, 2.45) is 0 Å². The zero-order chi connectivity index (χ0) is 48.0. The van der Waals surface area contributed by atoms with Gasteiger partial charge in [0, 0.05) is 6.42 Å². The van der Waals surface area contributed by atoms with Crippen LogP contribution < -0.4 is 5.32 Å². The van der Waals surface area contributed by atoms with Crippen molar-refractivity contribution in [3.05, 3.63) is 109 Å². The predicted octanol–water partition coefficient (Wildman–Crippen LogP) is 12.2. The van der Waals surface area contributed by atoms with Crippen molar-refractivity contribution < 1.29 is 39.8 Å². The van der Waals surface area contributed by atoms with E-state index in [9.17, 15) is 30.3 Å². The molecule has 0 aromatic rings. The first-order chi connectivity index (χ1) is 32.3. The van der Waals surface area contributed by atoms with E-state index in [0.717, 1.165) is 103 Å². The quantitative estimate of drug-likeness (QED) is 0.0262. The summed E-state index contributed by atoms with van der Waals surface area (Å²) in [6.45, 7) is 3.63. The van der Waals surface area contributed by atoms with Crippen LogP contribution in [-0.4, -0.2) is 87.5 Å². The number of carbonyl (C=O) groups is 1. The third-order valence-electron chi connectivity index (χ3n) is 11.6. The van der Waals surface area contributed by atoms with Gasteiger partial charge in [-0.3, -0.25) is 4.79 Å². The molecule has 7 unspecified atom stereocenters. The maximum atomic E-state index is 13.0. The Morgan fingerprint density at radius 2 is 0.939 bits per heavy atom. The summed E-state index contributed by atoms with van der Waals surface area (Å²) in [4.78, 5) is 13.0. The van der Waals surface area contributed by atoms with Crippen molar-refractivity contribution in [1.29, 1.82) is 0 Å². The van der Waals surface area contributed by atoms with Crippen LogP contribution in [0.2, 0.25) is 0 Å². The molecule has 0 bridgehead atoms. The molecule has 1 saturated heterocycles. The van der Waals surface area contributed by atoms with Crippen LogP contribution in [0.3, 0.4) is 0 Å². The van der Waals surface area contributed by atoms with Crippen LogP contribution in [0.15, 0.2) is 109 Å². The highest BCUT2D eigenvalue weighted by molar-refractivity contribution is 5.76. The molecular formula is C57H95NO8. The van der Waals surface area contributed by atoms with Crippen LogP contribution >= 0.6 is 0 Å². The first-order valence-corrected chi connectivity index (χ1v) is 26.1. The highest BCUT2D eigenvalue weighted by atomic mass is 16.7. The number of hydrogen-bond acceptors (Lipinski definition) is 8. The van der Waals surface area contributed by atoms with Crippen LogP contribution in [-0.2, 0) is 14.3 Å². The second-order valence-corrected chi connectivity index (χ2v) is 17.6. The van der Waals surface area contributed by atoms with Gasteiger partial charge in [0.2, 0.25) is 5.91 Å². The summed E-state index contributed by atoms with van der Waals surface area (Å²) in [6, 6.07) is -0.826. The molecule has 6 N–H and O–H groups in total. The maximum Gasteiger partial charge on any atom is 0.220 e. The van der Waals surface area contributed by atoms with Crippen molar-refractivity contribution in [2.75, 3.05) is 13.2 Å². The lowest BCUT2D eigenvalue weighted by Crippen LogP contribution is -2.60. The number of hydrogen-bond donors (Lipinski definition) is 6. The molecule has 376 valence electrons. The average Bonchev–Trinajstić information content (AvgIpc) is 3.32. The van der Waals surface area contributed by atoms with Gasteiger partial charge in [-0.25, -0.2) is 0 Å². The highest BCUT2D eigenvalue weighted by Gasteiger charge is 2.44. The van der Waals surface area contributed by atoms with Crippen molar-refractivity contribution in [3.8, 4) is 0 Å². The molecule has 66 heavy (non-hydrogen) atoms. The third kappa shape index (κ3) is 35.1. The number of rotatable bonds is 42. The summed E-state index contributed by atoms with van der Waals surface area (Å²) in [5.74, 6) is -0.207. The predicted molar refractivity (Wildman–Crippen MR) is 276 cm³/mol. The van der Waals surface area contributed by atoms with E-state index in [1.165, 1.54) is 64.2 Å². The molecule has 0 radical (unpaired) electrons. The summed E-state index contributed by atoms with van der Waals surface area (Å²) in [5, 5.41) is 54.3. The van der Waals surface area contributed by atoms with E-state index in [1.54, 1.807) is 6.08 Å². The number of aliphatic hydroxyl groups excluding tert-OH is 5. The van der Waals surface area contributed by atoms with Crippen LogP contribution in [0.1, 0.15) is 187 Å². The van der Waals surface area contributed by atoms with Gasteiger partial charge < -0.3 is 40.3 Å². The molecule has 0 aliphatic carbocycles. The first-order valence-electron chi connectivity index (χ1n) is 26.1. The van der Waals surface area contributed by atoms with Gasteiger partial charge in [0.1, 0.15) is 24.4 Å². The van der Waals surface area contributed by atoms with Gasteiger partial charge >= 0.3 is 0 Å². The van der Waals surface area contributed by atoms with Crippen molar-refractivity contribution in [1.82, 2.24) is 5.32 Å². The van der Waals surface area contributed by atoms with Crippen LogP contribution in [0.5, 0.6) is 0 Å². The molecule has 1 amide bonds. The fourth-order valence-corrected chi connectivity index (χ4v) is 7.46. The number of ether oxygens (including phenoxy) is 2. The molecule has 9 nitrogen and oxygen atoms in total. The topological polar surface area (TPSA) is 149 Å². The Kier molecular flexibility index (Phi) is 42.1. The number of allylic oxidation sites excluding steroid dienone is 17. The maximum absolute atomic E-state index is 13.0. The highest BCUT2D eigenvalue weighted by Crippen LogP contribution is 2.22. The lowest BCUT2D eigenvalue weighted by Gasteiger charge is -2.40. The molecule has 1 fully saturated rings. The van der Waals surface area contributed by atoms with Crippen molar-refractivity contribution in [2.45, 2.75) is 230 Å². The number of nitrogens with one attached hydrogen (secondary N) is 1. The molecule has 1 aliphatic rings. The molecule has 0 saturated carbocycles. The Bertz CT molecular complexity index is 1390. The lowest BCUT2D eigenvalue weighted by atomic mass is 9.99. The van der Waals surface area contributed by atoms with Crippen LogP contribution in [0, 0.1) is 0 Å². The van der Waals surface area contributed by atoms with Gasteiger partial charge in [0.15, 0.2) is 6.29 Å². The minimum absolute atomic E-state index is 0.206. The molecule has 0 aromatic carbocycles. The zero-order valence-corrected chi connectivity index (χ0v) is 41.4. The normalized spacial score (nSPS) is 20.7. The molecule has 9 heteroatoms. The number of amides is 1. The third-order valence-corrected chi connectivity index (χ3v) is 11.6. The molecular weight excluding hydrogens is 827 g/mol. The Morgan fingerprint density at radius 1 is 0.530 bits per heavy atom. The zero-order valence-electron chi connectivity index (χ0n) is 41.4. The Labute approximate surface area is 402 Å². The average molecular weight is 922 g/mol. The molecule has 1 aliphatic heterocycles. The fourth-order valence-electron chi connectivity index (χ4n) is 7.46. The Hall–Kier alpha value is -3.15. The van der Waals surface area contributed by atoms with Gasteiger partial charge in [-0.2, -0.15) is 0 Å². The van der Waals surface area contributed by atoms with Gasteiger partial charge in [-0.1, -0.05) is 207 Å². The number of carbonyl (C=O) groups excluding carboxylic acids is 1. The minimum Gasteiger partial charge on any atom is -0.394 e. The summed E-state index contributed by atoms with van der Waals surface area (Å²) >= 11 is 0.